The van der Waals surface area contributed by atoms with E-state index in [0.717, 1.165) is 19.5 Å². The van der Waals surface area contributed by atoms with Gasteiger partial charge in [0.1, 0.15) is 0 Å². The molecule has 50 heavy (non-hydrogen) atoms. The maximum Gasteiger partial charge on any atom is 4.00 e. The molecule has 0 atom stereocenters. The average Bonchev–Trinajstić information content (AvgIpc) is 3.58. The minimum absolute atomic E-state index is 0. The molecule has 272 valence electrons. The van der Waals surface area contributed by atoms with Gasteiger partial charge in [-0.25, -0.2) is 0 Å². The molecular formula is C32H44O10S4Sn4. The van der Waals surface area contributed by atoms with Crippen LogP contribution in [0.5, 0.6) is 0 Å². The van der Waals surface area contributed by atoms with Crippen LogP contribution in [-0.4, -0.2) is 120 Å². The van der Waals surface area contributed by atoms with Crippen molar-refractivity contribution < 1.29 is 50.6 Å². The molecule has 0 aliphatic heterocycles. The summed E-state index contributed by atoms with van der Waals surface area (Å²) in [5.41, 5.74) is 0. The molecule has 18 heteroatoms. The quantitative estimate of drug-likeness (QED) is 0.187. The van der Waals surface area contributed by atoms with E-state index in [2.05, 4.69) is 0 Å². The predicted octanol–water partition coefficient (Wildman–Crippen LogP) is 2.00. The van der Waals surface area contributed by atoms with Gasteiger partial charge in [-0.1, -0.05) is 24.3 Å². The summed E-state index contributed by atoms with van der Waals surface area (Å²) in [4.78, 5) is 43.2. The van der Waals surface area contributed by atoms with Gasteiger partial charge in [0.2, 0.25) is 0 Å². The summed E-state index contributed by atoms with van der Waals surface area (Å²) in [5.74, 6) is -4.06. The first-order chi connectivity index (χ1) is 17.2. The zero-order chi connectivity index (χ0) is 26.8. The molecule has 0 radical (unpaired) electrons. The first kappa shape index (κ1) is 92.5. The van der Waals surface area contributed by atoms with Gasteiger partial charge in [-0.05, 0) is 45.8 Å². The minimum Gasteiger partial charge on any atom is -2.00 e. The van der Waals surface area contributed by atoms with Crippen molar-refractivity contribution in [3.05, 3.63) is 149 Å². The molecule has 0 aliphatic rings. The van der Waals surface area contributed by atoms with Gasteiger partial charge in [0.25, 0.3) is 0 Å². The van der Waals surface area contributed by atoms with Crippen molar-refractivity contribution in [3.8, 4) is 0 Å². The molecule has 4 rings (SSSR count). The van der Waals surface area contributed by atoms with Crippen LogP contribution < -0.4 is 20.4 Å². The number of carbonyl (C=O) groups excluding carboxylic acids is 4. The molecule has 0 unspecified atom stereocenters. The first-order valence-corrected chi connectivity index (χ1v) is 13.6. The normalized spacial score (nSPS) is 6.72. The van der Waals surface area contributed by atoms with E-state index in [-0.39, 0.29) is 192 Å². The van der Waals surface area contributed by atoms with E-state index in [1.807, 2.05) is 45.8 Å². The average molecular weight is 1190 g/mol. The number of hydrogen-bond acceptors (Lipinski definition) is 12. The van der Waals surface area contributed by atoms with E-state index in [1.165, 1.54) is 45.3 Å². The smallest absolute Gasteiger partial charge is 2.00 e. The van der Waals surface area contributed by atoms with Crippen molar-refractivity contribution in [1.82, 2.24) is 0 Å². The van der Waals surface area contributed by atoms with Crippen LogP contribution in [0.1, 0.15) is 19.5 Å². The number of hydrogen-bond donors (Lipinski definition) is 0. The third kappa shape index (κ3) is 54.6. The summed E-state index contributed by atoms with van der Waals surface area (Å²) in [5, 5.41) is 47.2. The van der Waals surface area contributed by atoms with Crippen LogP contribution in [0.4, 0.5) is 0 Å². The van der Waals surface area contributed by atoms with Gasteiger partial charge in [-0.2, -0.15) is 0 Å². The number of rotatable bonds is 8. The maximum absolute atomic E-state index is 9.96. The molecule has 0 aromatic carbocycles. The van der Waals surface area contributed by atoms with Gasteiger partial charge in [0.15, 0.2) is 0 Å². The van der Waals surface area contributed by atoms with Gasteiger partial charge >= 0.3 is 95.6 Å². The third-order valence-corrected chi connectivity index (χ3v) is 7.10. The predicted molar refractivity (Wildman–Crippen MR) is 208 cm³/mol. The number of aliphatic carboxylic acids is 4. The Balaban J connectivity index is -0.0000000263. The molecule has 0 saturated heterocycles. The molecule has 0 N–H and O–H groups in total. The Hall–Kier alpha value is -0.205. The Kier molecular flexibility index (Phi) is 108. The van der Waals surface area contributed by atoms with E-state index >= 15 is 0 Å². The SMILES string of the molecule is O=C([O-])Cc1cccs1.O=C([O-])Cc1cccs1.O=C([O-])Cc1cccs1.O=C([O-])Cc1cccs1.[CH3-].[CH3-].[CH3-].[CH3-].[CH3-].[CH3-].[CH3-].[CH3-].[O-2].[O-2].[Sn+4].[Sn+4].[Sn+4].[Sn+4]. The topological polar surface area (TPSA) is 218 Å². The molecule has 4 heterocycles. The minimum atomic E-state index is -1.02. The monoisotopic (exact) mass is 1200 g/mol. The van der Waals surface area contributed by atoms with Crippen molar-refractivity contribution in [2.24, 2.45) is 0 Å². The molecule has 0 bridgehead atoms. The van der Waals surface area contributed by atoms with Crippen molar-refractivity contribution in [2.45, 2.75) is 25.7 Å². The third-order valence-electron chi connectivity index (χ3n) is 3.59. The summed E-state index contributed by atoms with van der Waals surface area (Å²) in [6.07, 6.45) is 0.157. The van der Waals surface area contributed by atoms with Gasteiger partial charge in [0.05, 0.1) is 0 Å². The van der Waals surface area contributed by atoms with Gasteiger partial charge < -0.3 is 110 Å². The molecule has 0 aliphatic carbocycles. The van der Waals surface area contributed by atoms with Gasteiger partial charge in [0, 0.05) is 69.1 Å². The molecule has 0 amide bonds. The first-order valence-electron chi connectivity index (χ1n) is 10.0. The van der Waals surface area contributed by atoms with E-state index < -0.39 is 23.9 Å². The van der Waals surface area contributed by atoms with Crippen LogP contribution in [0.25, 0.3) is 0 Å². The van der Waals surface area contributed by atoms with E-state index in [9.17, 15) is 39.6 Å². The van der Waals surface area contributed by atoms with Crippen molar-refractivity contribution >= 4 is 165 Å². The molecule has 0 fully saturated rings. The number of carboxylic acid groups (broad SMARTS) is 4. The number of thiophene rings is 4. The molecule has 4 aromatic rings. The Morgan fingerprint density at radius 3 is 0.600 bits per heavy atom. The van der Waals surface area contributed by atoms with Gasteiger partial charge in [-0.15, -0.1) is 45.3 Å². The van der Waals surface area contributed by atoms with E-state index in [0.29, 0.717) is 0 Å². The van der Waals surface area contributed by atoms with E-state index in [1.54, 1.807) is 24.3 Å². The maximum atomic E-state index is 9.96. The summed E-state index contributed by atoms with van der Waals surface area (Å²) in [6, 6.07) is 14.4. The van der Waals surface area contributed by atoms with Gasteiger partial charge in [-0.3, -0.25) is 0 Å². The Morgan fingerprint density at radius 1 is 0.380 bits per heavy atom. The van der Waals surface area contributed by atoms with Crippen LogP contribution in [0.3, 0.4) is 0 Å². The fourth-order valence-electron chi connectivity index (χ4n) is 2.22. The van der Waals surface area contributed by atoms with E-state index in [4.69, 9.17) is 0 Å². The summed E-state index contributed by atoms with van der Waals surface area (Å²) >= 11 is 5.72. The summed E-state index contributed by atoms with van der Waals surface area (Å²) in [7, 11) is 0. The number of carbonyl (C=O) groups is 4. The Bertz CT molecular complexity index is 977. The van der Waals surface area contributed by atoms with Crippen LogP contribution >= 0.6 is 45.3 Å². The molecular weight excluding hydrogens is 1150 g/mol. The largest absolute Gasteiger partial charge is 4.00 e. The van der Waals surface area contributed by atoms with Crippen LogP contribution in [0, 0.1) is 59.4 Å². The summed E-state index contributed by atoms with van der Waals surface area (Å²) in [6.45, 7) is 0. The fraction of sp³-hybridized carbons (Fsp3) is 0.125. The zero-order valence-corrected chi connectivity index (χ0v) is 44.2. The summed E-state index contributed by atoms with van der Waals surface area (Å²) < 4.78 is 0. The second-order valence-electron chi connectivity index (χ2n) is 6.51. The molecule has 4 aromatic heterocycles. The number of carboxylic acids is 4. The molecule has 0 spiro atoms. The molecule has 0 saturated carbocycles. The van der Waals surface area contributed by atoms with Crippen LogP contribution in [0.2, 0.25) is 0 Å². The van der Waals surface area contributed by atoms with Crippen molar-refractivity contribution in [2.75, 3.05) is 0 Å². The fourth-order valence-corrected chi connectivity index (χ4v) is 4.98. The second-order valence-corrected chi connectivity index (χ2v) is 10.6. The van der Waals surface area contributed by atoms with Crippen molar-refractivity contribution in [3.63, 3.8) is 0 Å². The Labute approximate surface area is 385 Å². The zero-order valence-electron chi connectivity index (χ0n) is 29.5. The van der Waals surface area contributed by atoms with Crippen LogP contribution in [0.15, 0.2) is 70.1 Å². The van der Waals surface area contributed by atoms with Crippen molar-refractivity contribution in [1.29, 1.82) is 0 Å². The Morgan fingerprint density at radius 2 is 0.520 bits per heavy atom. The van der Waals surface area contributed by atoms with Crippen LogP contribution in [-0.2, 0) is 55.8 Å². The standard InChI is InChI=1S/4C6H6O2S.8CH3.2O.4Sn/c4*7-6(8)4-5-2-1-3-9-5;;;;;;;;;;;;;;/h4*1-3H,4H2,(H,7,8);8*1H3;;;;;;/q;;;;8*-1;2*-2;4*+4/p-4. The second kappa shape index (κ2) is 58.1. The molecule has 10 nitrogen and oxygen atoms in total.